The number of nitrogens with two attached hydrogens (primary N) is 1. The monoisotopic (exact) mass is 333 g/mol. The summed E-state index contributed by atoms with van der Waals surface area (Å²) in [5, 5.41) is 0. The number of guanidine groups is 1. The highest BCUT2D eigenvalue weighted by Crippen LogP contribution is 2.36. The van der Waals surface area contributed by atoms with Crippen LogP contribution in [-0.2, 0) is 0 Å². The first kappa shape index (κ1) is 17.0. The third-order valence-corrected chi connectivity index (χ3v) is 5.56. The maximum absolute atomic E-state index is 13.0. The molecule has 24 heavy (non-hydrogen) atoms. The van der Waals surface area contributed by atoms with Gasteiger partial charge in [0, 0.05) is 37.4 Å². The van der Waals surface area contributed by atoms with Crippen molar-refractivity contribution in [1.29, 1.82) is 0 Å². The maximum atomic E-state index is 13.0. The average Bonchev–Trinajstić information content (AvgIpc) is 2.54. The number of rotatable bonds is 4. The topological polar surface area (TPSA) is 48.1 Å². The van der Waals surface area contributed by atoms with Crippen LogP contribution in [0.25, 0.3) is 0 Å². The first-order valence-electron chi connectivity index (χ1n) is 8.73. The standard InChI is InChI=1S/C18H28FN5/c1-22(2)18(8-3-9-18)14-21-17(20)24-12-10-23(11-13-24)16-6-4-15(19)5-7-16/h4-7H,3,8-14H2,1-2H3,(H2,20,21). The Labute approximate surface area is 143 Å². The van der Waals surface area contributed by atoms with Gasteiger partial charge in [0.1, 0.15) is 5.82 Å². The van der Waals surface area contributed by atoms with Crippen LogP contribution in [0.1, 0.15) is 19.3 Å². The van der Waals surface area contributed by atoms with Crippen LogP contribution >= 0.6 is 0 Å². The lowest BCUT2D eigenvalue weighted by Crippen LogP contribution is -2.54. The van der Waals surface area contributed by atoms with Crippen molar-refractivity contribution in [2.24, 2.45) is 10.7 Å². The fraction of sp³-hybridized carbons (Fsp3) is 0.611. The number of hydrogen-bond acceptors (Lipinski definition) is 3. The molecule has 1 heterocycles. The summed E-state index contributed by atoms with van der Waals surface area (Å²) >= 11 is 0. The number of aliphatic imine (C=N–C) groups is 1. The first-order chi connectivity index (χ1) is 11.5. The Bertz CT molecular complexity index is 572. The summed E-state index contributed by atoms with van der Waals surface area (Å²) in [7, 11) is 4.26. The predicted octanol–water partition coefficient (Wildman–Crippen LogP) is 1.75. The second-order valence-electron chi connectivity index (χ2n) is 7.10. The second kappa shape index (κ2) is 6.97. The van der Waals surface area contributed by atoms with Crippen LogP contribution in [0, 0.1) is 5.82 Å². The van der Waals surface area contributed by atoms with E-state index in [1.165, 1.54) is 31.4 Å². The number of piperazine rings is 1. The Kier molecular flexibility index (Phi) is 4.94. The lowest BCUT2D eigenvalue weighted by molar-refractivity contribution is 0.0697. The van der Waals surface area contributed by atoms with Gasteiger partial charge in [0.25, 0.3) is 0 Å². The van der Waals surface area contributed by atoms with E-state index < -0.39 is 0 Å². The highest BCUT2D eigenvalue weighted by Gasteiger charge is 2.39. The maximum Gasteiger partial charge on any atom is 0.191 e. The van der Waals surface area contributed by atoms with Crippen molar-refractivity contribution < 1.29 is 4.39 Å². The molecule has 1 aliphatic heterocycles. The molecular formula is C18H28FN5. The Balaban J connectivity index is 1.54. The van der Waals surface area contributed by atoms with Crippen molar-refractivity contribution in [3.63, 3.8) is 0 Å². The third-order valence-electron chi connectivity index (χ3n) is 5.56. The van der Waals surface area contributed by atoms with Crippen molar-refractivity contribution in [1.82, 2.24) is 9.80 Å². The van der Waals surface area contributed by atoms with Gasteiger partial charge >= 0.3 is 0 Å². The smallest absolute Gasteiger partial charge is 0.191 e. The number of likely N-dealkylation sites (N-methyl/N-ethyl adjacent to an activating group) is 1. The number of anilines is 1. The molecule has 2 N–H and O–H groups in total. The molecule has 1 aromatic carbocycles. The molecule has 0 bridgehead atoms. The molecule has 132 valence electrons. The Morgan fingerprint density at radius 1 is 1.17 bits per heavy atom. The Hall–Kier alpha value is -1.82. The van der Waals surface area contributed by atoms with Crippen molar-refractivity contribution >= 4 is 11.6 Å². The Morgan fingerprint density at radius 3 is 2.29 bits per heavy atom. The molecular weight excluding hydrogens is 305 g/mol. The molecule has 6 heteroatoms. The van der Waals surface area contributed by atoms with Gasteiger partial charge in [-0.05, 0) is 57.6 Å². The van der Waals surface area contributed by atoms with Crippen LogP contribution in [0.3, 0.4) is 0 Å². The zero-order chi connectivity index (χ0) is 17.2. The van der Waals surface area contributed by atoms with Crippen LogP contribution in [0.4, 0.5) is 10.1 Å². The van der Waals surface area contributed by atoms with E-state index in [4.69, 9.17) is 5.73 Å². The lowest BCUT2D eigenvalue weighted by atomic mass is 9.76. The molecule has 0 aromatic heterocycles. The normalized spacial score (nSPS) is 21.1. The molecule has 1 saturated heterocycles. The summed E-state index contributed by atoms with van der Waals surface area (Å²) in [4.78, 5) is 11.4. The fourth-order valence-corrected chi connectivity index (χ4v) is 3.51. The SMILES string of the molecule is CN(C)C1(CN=C(N)N2CCN(c3ccc(F)cc3)CC2)CCC1. The first-order valence-corrected chi connectivity index (χ1v) is 8.73. The fourth-order valence-electron chi connectivity index (χ4n) is 3.51. The summed E-state index contributed by atoms with van der Waals surface area (Å²) in [6.07, 6.45) is 3.69. The Morgan fingerprint density at radius 2 is 1.79 bits per heavy atom. The molecule has 2 fully saturated rings. The summed E-state index contributed by atoms with van der Waals surface area (Å²) < 4.78 is 13.0. The van der Waals surface area contributed by atoms with Crippen LogP contribution < -0.4 is 10.6 Å². The van der Waals surface area contributed by atoms with Crippen LogP contribution in [-0.4, -0.2) is 68.1 Å². The quantitative estimate of drug-likeness (QED) is 0.674. The molecule has 1 aromatic rings. The van der Waals surface area contributed by atoms with E-state index in [0.29, 0.717) is 5.96 Å². The minimum Gasteiger partial charge on any atom is -0.370 e. The zero-order valence-electron chi connectivity index (χ0n) is 14.7. The minimum absolute atomic E-state index is 0.195. The van der Waals surface area contributed by atoms with Gasteiger partial charge in [0.2, 0.25) is 0 Å². The average molecular weight is 333 g/mol. The molecule has 3 rings (SSSR count). The summed E-state index contributed by atoms with van der Waals surface area (Å²) in [6.45, 7) is 4.23. The van der Waals surface area contributed by atoms with Crippen molar-refractivity contribution in [2.75, 3.05) is 51.7 Å². The molecule has 0 amide bonds. The molecule has 0 spiro atoms. The van der Waals surface area contributed by atoms with Gasteiger partial charge in [0.15, 0.2) is 5.96 Å². The van der Waals surface area contributed by atoms with E-state index in [-0.39, 0.29) is 11.4 Å². The summed E-state index contributed by atoms with van der Waals surface area (Å²) in [6, 6.07) is 6.69. The van der Waals surface area contributed by atoms with Gasteiger partial charge in [-0.3, -0.25) is 4.99 Å². The lowest BCUT2D eigenvalue weighted by Gasteiger charge is -2.46. The van der Waals surface area contributed by atoms with Crippen LogP contribution in [0.2, 0.25) is 0 Å². The van der Waals surface area contributed by atoms with Gasteiger partial charge in [-0.1, -0.05) is 0 Å². The van der Waals surface area contributed by atoms with Gasteiger partial charge in [-0.25, -0.2) is 4.39 Å². The molecule has 5 nitrogen and oxygen atoms in total. The molecule has 1 aliphatic carbocycles. The number of benzene rings is 1. The molecule has 2 aliphatic rings. The third kappa shape index (κ3) is 3.48. The zero-order valence-corrected chi connectivity index (χ0v) is 14.7. The van der Waals surface area contributed by atoms with Gasteiger partial charge < -0.3 is 20.4 Å². The van der Waals surface area contributed by atoms with E-state index in [2.05, 4.69) is 33.8 Å². The van der Waals surface area contributed by atoms with Gasteiger partial charge in [-0.2, -0.15) is 0 Å². The molecule has 0 radical (unpaired) electrons. The van der Waals surface area contributed by atoms with Gasteiger partial charge in [0.05, 0.1) is 6.54 Å². The summed E-state index contributed by atoms with van der Waals surface area (Å²) in [5.74, 6) is 0.460. The van der Waals surface area contributed by atoms with E-state index in [1.807, 2.05) is 12.1 Å². The number of halogens is 1. The largest absolute Gasteiger partial charge is 0.370 e. The van der Waals surface area contributed by atoms with Crippen LogP contribution in [0.5, 0.6) is 0 Å². The second-order valence-corrected chi connectivity index (χ2v) is 7.10. The molecule has 0 atom stereocenters. The number of hydrogen-bond donors (Lipinski definition) is 1. The number of nitrogens with zero attached hydrogens (tertiary/aromatic N) is 4. The van der Waals surface area contributed by atoms with Gasteiger partial charge in [-0.15, -0.1) is 0 Å². The predicted molar refractivity (Wildman–Crippen MR) is 96.9 cm³/mol. The van der Waals surface area contributed by atoms with E-state index in [0.717, 1.165) is 38.4 Å². The van der Waals surface area contributed by atoms with Crippen molar-refractivity contribution in [2.45, 2.75) is 24.8 Å². The van der Waals surface area contributed by atoms with E-state index in [1.54, 1.807) is 0 Å². The minimum atomic E-state index is -0.195. The highest BCUT2D eigenvalue weighted by molar-refractivity contribution is 5.78. The van der Waals surface area contributed by atoms with Crippen molar-refractivity contribution in [3.8, 4) is 0 Å². The highest BCUT2D eigenvalue weighted by atomic mass is 19.1. The van der Waals surface area contributed by atoms with E-state index in [9.17, 15) is 4.39 Å². The van der Waals surface area contributed by atoms with E-state index >= 15 is 0 Å². The molecule has 0 unspecified atom stereocenters. The summed E-state index contributed by atoms with van der Waals surface area (Å²) in [5.41, 5.74) is 7.50. The van der Waals surface area contributed by atoms with Crippen LogP contribution in [0.15, 0.2) is 29.3 Å². The molecule has 1 saturated carbocycles. The van der Waals surface area contributed by atoms with Crippen molar-refractivity contribution in [3.05, 3.63) is 30.1 Å².